The van der Waals surface area contributed by atoms with E-state index < -0.39 is 51.7 Å². The standard InChI is InChI=1S/C23H22F4N2O4S/c24-11-34(31,32)28-22-17-10-18(17)29(23(30)20-4-5-33-20)19(22)8-12-2-1-3-16(21(12)27)13-6-14(25)9-15(26)7-13/h1-3,6-7,9,17-20,22,28H,4-5,8,10-11H2/t17-,18+,19+,20-,22+/m0/s1. The molecule has 2 saturated heterocycles. The molecule has 0 bridgehead atoms. The highest BCUT2D eigenvalue weighted by Crippen LogP contribution is 2.50. The predicted molar refractivity (Wildman–Crippen MR) is 114 cm³/mol. The summed E-state index contributed by atoms with van der Waals surface area (Å²) in [7, 11) is -4.23. The van der Waals surface area contributed by atoms with Gasteiger partial charge < -0.3 is 9.64 Å². The van der Waals surface area contributed by atoms with E-state index in [-0.39, 0.29) is 41.0 Å². The number of ether oxygens (including phenoxy) is 1. The van der Waals surface area contributed by atoms with Gasteiger partial charge in [0, 0.05) is 30.1 Å². The molecule has 34 heavy (non-hydrogen) atoms. The van der Waals surface area contributed by atoms with Crippen molar-refractivity contribution in [1.29, 1.82) is 0 Å². The van der Waals surface area contributed by atoms with Crippen LogP contribution in [0.3, 0.4) is 0 Å². The van der Waals surface area contributed by atoms with E-state index in [4.69, 9.17) is 4.74 Å². The smallest absolute Gasteiger partial charge is 0.252 e. The van der Waals surface area contributed by atoms with Gasteiger partial charge in [-0.3, -0.25) is 4.79 Å². The lowest BCUT2D eigenvalue weighted by Gasteiger charge is -2.36. The number of hydrogen-bond donors (Lipinski definition) is 1. The van der Waals surface area contributed by atoms with Crippen molar-refractivity contribution in [3.8, 4) is 11.1 Å². The van der Waals surface area contributed by atoms with Crippen molar-refractivity contribution in [2.45, 2.75) is 43.5 Å². The van der Waals surface area contributed by atoms with E-state index in [0.29, 0.717) is 25.5 Å². The van der Waals surface area contributed by atoms with Gasteiger partial charge in [0.15, 0.2) is 0 Å². The van der Waals surface area contributed by atoms with Crippen molar-refractivity contribution in [2.24, 2.45) is 5.92 Å². The Bertz CT molecular complexity index is 1220. The summed E-state index contributed by atoms with van der Waals surface area (Å²) in [6.45, 7) is 0.446. The molecule has 0 unspecified atom stereocenters. The van der Waals surface area contributed by atoms with E-state index in [9.17, 15) is 26.4 Å². The molecule has 5 rings (SSSR count). The highest BCUT2D eigenvalue weighted by molar-refractivity contribution is 7.89. The van der Waals surface area contributed by atoms with Crippen molar-refractivity contribution in [1.82, 2.24) is 9.62 Å². The molecule has 3 fully saturated rings. The van der Waals surface area contributed by atoms with Crippen molar-refractivity contribution in [2.75, 3.05) is 12.6 Å². The normalized spacial score (nSPS) is 27.9. The van der Waals surface area contributed by atoms with Crippen LogP contribution < -0.4 is 4.72 Å². The van der Waals surface area contributed by atoms with Gasteiger partial charge in [-0.25, -0.2) is 30.7 Å². The first kappa shape index (κ1) is 23.3. The van der Waals surface area contributed by atoms with Crippen LogP contribution in [0.4, 0.5) is 17.6 Å². The summed E-state index contributed by atoms with van der Waals surface area (Å²) in [5.74, 6) is -2.94. The second kappa shape index (κ2) is 8.62. The summed E-state index contributed by atoms with van der Waals surface area (Å²) in [4.78, 5) is 14.6. The van der Waals surface area contributed by atoms with Crippen molar-refractivity contribution < 1.29 is 35.5 Å². The van der Waals surface area contributed by atoms with E-state index in [1.165, 1.54) is 18.2 Å². The molecule has 0 radical (unpaired) electrons. The van der Waals surface area contributed by atoms with Gasteiger partial charge in [-0.1, -0.05) is 18.2 Å². The predicted octanol–water partition coefficient (Wildman–Crippen LogP) is 2.92. The number of fused-ring (bicyclic) bond motifs is 1. The number of alkyl halides is 1. The van der Waals surface area contributed by atoms with Gasteiger partial charge in [-0.05, 0) is 42.0 Å². The minimum atomic E-state index is -4.23. The van der Waals surface area contributed by atoms with Crippen LogP contribution in [0, 0.1) is 23.4 Å². The Morgan fingerprint density at radius 3 is 2.47 bits per heavy atom. The van der Waals surface area contributed by atoms with Crippen LogP contribution in [-0.2, 0) is 26.0 Å². The number of benzene rings is 2. The molecule has 2 aliphatic heterocycles. The third-order valence-corrected chi connectivity index (χ3v) is 7.68. The summed E-state index contributed by atoms with van der Waals surface area (Å²) < 4.78 is 87.7. The molecular formula is C23H22F4N2O4S. The monoisotopic (exact) mass is 498 g/mol. The quantitative estimate of drug-likeness (QED) is 0.596. The summed E-state index contributed by atoms with van der Waals surface area (Å²) in [5, 5.41) is 0. The maximum Gasteiger partial charge on any atom is 0.252 e. The Morgan fingerprint density at radius 1 is 1.15 bits per heavy atom. The van der Waals surface area contributed by atoms with Crippen LogP contribution in [0.25, 0.3) is 11.1 Å². The number of rotatable bonds is 7. The molecule has 1 amide bonds. The number of halogens is 4. The van der Waals surface area contributed by atoms with E-state index in [2.05, 4.69) is 4.72 Å². The minimum absolute atomic E-state index is 0.0107. The molecule has 3 aliphatic rings. The van der Waals surface area contributed by atoms with Gasteiger partial charge >= 0.3 is 0 Å². The maximum absolute atomic E-state index is 15.5. The molecule has 1 N–H and O–H groups in total. The highest BCUT2D eigenvalue weighted by Gasteiger charge is 2.61. The molecule has 2 heterocycles. The Morgan fingerprint density at radius 2 is 1.85 bits per heavy atom. The van der Waals surface area contributed by atoms with Crippen LogP contribution in [0.5, 0.6) is 0 Å². The number of sulfonamides is 1. The fraction of sp³-hybridized carbons (Fsp3) is 0.435. The summed E-state index contributed by atoms with van der Waals surface area (Å²) in [6.07, 6.45) is 0.392. The van der Waals surface area contributed by atoms with E-state index in [1.54, 1.807) is 4.90 Å². The third-order valence-electron chi connectivity index (χ3n) is 6.76. The zero-order chi connectivity index (χ0) is 24.2. The number of likely N-dealkylation sites (tertiary alicyclic amines) is 1. The molecule has 2 aromatic rings. The van der Waals surface area contributed by atoms with Crippen molar-refractivity contribution in [3.05, 3.63) is 59.4 Å². The molecule has 5 atom stereocenters. The van der Waals surface area contributed by atoms with Crippen LogP contribution in [-0.4, -0.2) is 56.1 Å². The van der Waals surface area contributed by atoms with E-state index in [1.807, 2.05) is 0 Å². The molecule has 1 aliphatic carbocycles. The summed E-state index contributed by atoms with van der Waals surface area (Å²) in [5.41, 5.74) is 0.127. The number of carbonyl (C=O) groups is 1. The largest absolute Gasteiger partial charge is 0.368 e. The SMILES string of the molecule is O=C([C@@H]1CCO1)N1[C@@H]2C[C@@H]2[C@@H](NS(=O)(=O)CF)[C@H]1Cc1cccc(-c2cc(F)cc(F)c2)c1F. The lowest BCUT2D eigenvalue weighted by Crippen LogP contribution is -2.55. The van der Waals surface area contributed by atoms with Gasteiger partial charge in [0.05, 0.1) is 12.6 Å². The lowest BCUT2D eigenvalue weighted by molar-refractivity contribution is -0.158. The van der Waals surface area contributed by atoms with Gasteiger partial charge in [0.1, 0.15) is 23.6 Å². The lowest BCUT2D eigenvalue weighted by atomic mass is 9.94. The van der Waals surface area contributed by atoms with Crippen LogP contribution in [0.15, 0.2) is 36.4 Å². The second-order valence-electron chi connectivity index (χ2n) is 8.94. The number of hydrogen-bond acceptors (Lipinski definition) is 4. The van der Waals surface area contributed by atoms with Gasteiger partial charge in [0.25, 0.3) is 5.91 Å². The van der Waals surface area contributed by atoms with Crippen molar-refractivity contribution >= 4 is 15.9 Å². The molecule has 182 valence electrons. The van der Waals surface area contributed by atoms with Gasteiger partial charge in [-0.2, -0.15) is 0 Å². The fourth-order valence-electron chi connectivity index (χ4n) is 5.06. The zero-order valence-electron chi connectivity index (χ0n) is 17.9. The van der Waals surface area contributed by atoms with Crippen LogP contribution in [0.1, 0.15) is 18.4 Å². The molecule has 11 heteroatoms. The Labute approximate surface area is 193 Å². The number of piperidine rings is 1. The van der Waals surface area contributed by atoms with Crippen LogP contribution >= 0.6 is 0 Å². The molecule has 0 aromatic heterocycles. The average molecular weight is 498 g/mol. The first-order valence-electron chi connectivity index (χ1n) is 10.9. The number of amides is 1. The van der Waals surface area contributed by atoms with Gasteiger partial charge in [-0.15, -0.1) is 0 Å². The fourth-order valence-corrected chi connectivity index (χ4v) is 5.87. The zero-order valence-corrected chi connectivity index (χ0v) is 18.7. The molecular weight excluding hydrogens is 476 g/mol. The highest BCUT2D eigenvalue weighted by atomic mass is 32.2. The molecule has 2 aromatic carbocycles. The average Bonchev–Trinajstić information content (AvgIpc) is 3.45. The Kier molecular flexibility index (Phi) is 5.89. The Hall–Kier alpha value is -2.50. The first-order valence-corrected chi connectivity index (χ1v) is 12.6. The summed E-state index contributed by atoms with van der Waals surface area (Å²) >= 11 is 0. The van der Waals surface area contributed by atoms with E-state index in [0.717, 1.165) is 12.1 Å². The van der Waals surface area contributed by atoms with Gasteiger partial charge in [0.2, 0.25) is 16.0 Å². The number of nitrogens with one attached hydrogen (secondary N) is 1. The third kappa shape index (κ3) is 4.20. The van der Waals surface area contributed by atoms with Crippen LogP contribution in [0.2, 0.25) is 0 Å². The first-order chi connectivity index (χ1) is 16.2. The summed E-state index contributed by atoms with van der Waals surface area (Å²) in [6, 6.07) is 3.68. The Balaban J connectivity index is 1.49. The van der Waals surface area contributed by atoms with Crippen molar-refractivity contribution in [3.63, 3.8) is 0 Å². The maximum atomic E-state index is 15.5. The molecule has 1 saturated carbocycles. The number of carbonyl (C=O) groups excluding carboxylic acids is 1. The second-order valence-corrected chi connectivity index (χ2v) is 10.6. The molecule has 0 spiro atoms. The minimum Gasteiger partial charge on any atom is -0.368 e. The van der Waals surface area contributed by atoms with E-state index >= 15 is 4.39 Å². The topological polar surface area (TPSA) is 75.7 Å². The number of nitrogens with zero attached hydrogens (tertiary/aromatic N) is 1. The molecule has 6 nitrogen and oxygen atoms in total.